The number of halogens is 1. The van der Waals surface area contributed by atoms with Gasteiger partial charge in [-0.25, -0.2) is 19.3 Å². The average Bonchev–Trinajstić information content (AvgIpc) is 3.53. The third-order valence-corrected chi connectivity index (χ3v) is 8.35. The highest BCUT2D eigenvalue weighted by atomic mass is 32.1. The van der Waals surface area contributed by atoms with E-state index < -0.39 is 24.2 Å². The van der Waals surface area contributed by atoms with Gasteiger partial charge in [0.1, 0.15) is 13.2 Å². The average molecular weight is 582 g/mol. The maximum absolute atomic E-state index is 14.8. The van der Waals surface area contributed by atoms with E-state index in [-0.39, 0.29) is 23.8 Å². The Morgan fingerprint density at radius 3 is 2.70 bits per heavy atom. The molecule has 0 spiro atoms. The number of thiocarbonyl (C=S) groups is 1. The lowest BCUT2D eigenvalue weighted by molar-refractivity contribution is -0.140. The number of piperidine rings is 1. The zero-order chi connectivity index (χ0) is 28.2. The second-order valence-electron chi connectivity index (χ2n) is 9.69. The Balaban J connectivity index is 1.15. The third kappa shape index (κ3) is 6.34. The number of ether oxygens (including phenoxy) is 1. The van der Waals surface area contributed by atoms with E-state index in [2.05, 4.69) is 21.8 Å². The first-order valence-corrected chi connectivity index (χ1v) is 14.3. The van der Waals surface area contributed by atoms with Crippen LogP contribution in [-0.2, 0) is 22.6 Å². The molecule has 5 rings (SSSR count). The number of aryl methyl sites for hydroxylation is 1. The van der Waals surface area contributed by atoms with Gasteiger partial charge in [-0.3, -0.25) is 14.5 Å². The van der Waals surface area contributed by atoms with Crippen LogP contribution in [0.4, 0.5) is 10.3 Å². The Bertz CT molecular complexity index is 1450. The number of thiazole rings is 1. The van der Waals surface area contributed by atoms with Gasteiger partial charge < -0.3 is 14.7 Å². The lowest BCUT2D eigenvalue weighted by Gasteiger charge is -2.31. The molecule has 40 heavy (non-hydrogen) atoms. The van der Waals surface area contributed by atoms with Crippen molar-refractivity contribution in [1.29, 1.82) is 0 Å². The number of hydrogen-bond acceptors (Lipinski definition) is 9. The highest BCUT2D eigenvalue weighted by Gasteiger charge is 2.32. The van der Waals surface area contributed by atoms with E-state index in [1.165, 1.54) is 18.2 Å². The zero-order valence-electron chi connectivity index (χ0n) is 21.9. The Labute approximate surface area is 240 Å². The molecule has 9 nitrogen and oxygen atoms in total. The van der Waals surface area contributed by atoms with E-state index >= 15 is 0 Å². The van der Waals surface area contributed by atoms with Crippen LogP contribution in [0.5, 0.6) is 5.75 Å². The number of rotatable bonds is 9. The summed E-state index contributed by atoms with van der Waals surface area (Å²) in [5.74, 6) is -0.984. The summed E-state index contributed by atoms with van der Waals surface area (Å²) in [5.41, 5.74) is 2.65. The highest BCUT2D eigenvalue weighted by Crippen LogP contribution is 2.32. The Morgan fingerprint density at radius 2 is 2.02 bits per heavy atom. The van der Waals surface area contributed by atoms with Crippen LogP contribution >= 0.6 is 23.6 Å². The fraction of sp³-hybridized carbons (Fsp3) is 0.357. The molecule has 0 aliphatic carbocycles. The Hall–Kier alpha value is -3.77. The molecule has 12 heteroatoms. The number of benzene rings is 1. The predicted molar refractivity (Wildman–Crippen MR) is 153 cm³/mol. The number of aliphatic carboxylic acids is 1. The molecular weight excluding hydrogens is 553 g/mol. The molecular formula is C28H28FN5O4S2. The SMILES string of the molecule is CCc1cnc(N2CCC(c3nc(COc4ccc(/C=C5\CC(=S)N(CC(=O)O)C5=O)cc4F)cs3)CC2)nc1. The van der Waals surface area contributed by atoms with Crippen molar-refractivity contribution in [1.82, 2.24) is 19.9 Å². The van der Waals surface area contributed by atoms with Crippen LogP contribution in [0.3, 0.4) is 0 Å². The molecule has 1 N–H and O–H groups in total. The molecule has 0 atom stereocenters. The summed E-state index contributed by atoms with van der Waals surface area (Å²) in [6.45, 7) is 3.47. The molecule has 3 aromatic rings. The van der Waals surface area contributed by atoms with Gasteiger partial charge in [0.05, 0.1) is 15.7 Å². The normalized spacial score (nSPS) is 17.2. The third-order valence-electron chi connectivity index (χ3n) is 6.92. The monoisotopic (exact) mass is 581 g/mol. The van der Waals surface area contributed by atoms with E-state index in [0.29, 0.717) is 17.1 Å². The number of carboxylic acid groups (broad SMARTS) is 1. The van der Waals surface area contributed by atoms with Crippen LogP contribution in [0.2, 0.25) is 0 Å². The molecule has 4 heterocycles. The van der Waals surface area contributed by atoms with E-state index in [9.17, 15) is 14.0 Å². The molecule has 2 aliphatic heterocycles. The summed E-state index contributed by atoms with van der Waals surface area (Å²) in [7, 11) is 0. The lowest BCUT2D eigenvalue weighted by Crippen LogP contribution is -2.34. The van der Waals surface area contributed by atoms with Crippen molar-refractivity contribution in [3.05, 3.63) is 69.2 Å². The number of carbonyl (C=O) groups excluding carboxylic acids is 1. The maximum Gasteiger partial charge on any atom is 0.323 e. The van der Waals surface area contributed by atoms with Gasteiger partial charge in [-0.05, 0) is 48.6 Å². The topological polar surface area (TPSA) is 109 Å². The van der Waals surface area contributed by atoms with Crippen molar-refractivity contribution in [3.63, 3.8) is 0 Å². The zero-order valence-corrected chi connectivity index (χ0v) is 23.5. The summed E-state index contributed by atoms with van der Waals surface area (Å²) in [5, 5.41) is 12.0. The van der Waals surface area contributed by atoms with Gasteiger partial charge in [0.15, 0.2) is 11.6 Å². The van der Waals surface area contributed by atoms with Crippen LogP contribution < -0.4 is 9.64 Å². The fourth-order valence-electron chi connectivity index (χ4n) is 4.70. The van der Waals surface area contributed by atoms with E-state index in [1.54, 1.807) is 17.4 Å². The van der Waals surface area contributed by atoms with Crippen molar-refractivity contribution in [2.75, 3.05) is 24.5 Å². The quantitative estimate of drug-likeness (QED) is 0.286. The molecule has 2 fully saturated rings. The molecule has 1 aromatic carbocycles. The molecule has 2 saturated heterocycles. The van der Waals surface area contributed by atoms with Gasteiger partial charge >= 0.3 is 5.97 Å². The minimum Gasteiger partial charge on any atom is -0.484 e. The van der Waals surface area contributed by atoms with Crippen molar-refractivity contribution >= 4 is 52.4 Å². The summed E-state index contributed by atoms with van der Waals surface area (Å²) < 4.78 is 20.5. The Morgan fingerprint density at radius 1 is 1.27 bits per heavy atom. The van der Waals surface area contributed by atoms with Crippen molar-refractivity contribution in [2.45, 2.75) is 45.1 Å². The first-order valence-electron chi connectivity index (χ1n) is 13.0. The second kappa shape index (κ2) is 12.2. The first-order chi connectivity index (χ1) is 19.3. The van der Waals surface area contributed by atoms with Gasteiger partial charge in [-0.1, -0.05) is 25.2 Å². The van der Waals surface area contributed by atoms with Gasteiger partial charge in [0.2, 0.25) is 5.95 Å². The molecule has 0 radical (unpaired) electrons. The summed E-state index contributed by atoms with van der Waals surface area (Å²) in [6.07, 6.45) is 8.28. The lowest BCUT2D eigenvalue weighted by atomic mass is 9.98. The minimum absolute atomic E-state index is 0.0832. The van der Waals surface area contributed by atoms with Gasteiger partial charge in [0, 0.05) is 48.8 Å². The van der Waals surface area contributed by atoms with Gasteiger partial charge in [-0.2, -0.15) is 0 Å². The van der Waals surface area contributed by atoms with Crippen LogP contribution in [0, 0.1) is 5.82 Å². The summed E-state index contributed by atoms with van der Waals surface area (Å²) in [4.78, 5) is 40.7. The molecule has 2 aromatic heterocycles. The molecule has 0 bridgehead atoms. The van der Waals surface area contributed by atoms with Gasteiger partial charge in [0.25, 0.3) is 5.91 Å². The standard InChI is InChI=1S/C28H28FN5O4S2/c1-2-17-12-30-28(31-13-17)33-7-5-19(6-8-33)26-32-21(16-40-26)15-38-23-4-3-18(10-22(23)29)9-20-11-24(39)34(27(20)37)14-25(35)36/h3-4,9-10,12-13,16,19H,2,5-8,11,14-15H2,1H3,(H,35,36)/b20-9+. The number of amides is 1. The number of aromatic nitrogens is 3. The summed E-state index contributed by atoms with van der Waals surface area (Å²) in [6, 6.07) is 4.42. The predicted octanol–water partition coefficient (Wildman–Crippen LogP) is 4.63. The second-order valence-corrected chi connectivity index (χ2v) is 11.0. The van der Waals surface area contributed by atoms with Crippen LogP contribution in [0.1, 0.15) is 53.9 Å². The number of anilines is 1. The van der Waals surface area contributed by atoms with Crippen LogP contribution in [-0.4, -0.2) is 61.5 Å². The van der Waals surface area contributed by atoms with Crippen LogP contribution in [0.25, 0.3) is 6.08 Å². The fourth-order valence-corrected chi connectivity index (χ4v) is 5.98. The van der Waals surface area contributed by atoms with Crippen molar-refractivity contribution in [2.24, 2.45) is 0 Å². The van der Waals surface area contributed by atoms with Crippen molar-refractivity contribution in [3.8, 4) is 5.75 Å². The molecule has 0 saturated carbocycles. The summed E-state index contributed by atoms with van der Waals surface area (Å²) >= 11 is 6.72. The molecule has 208 valence electrons. The molecule has 2 aliphatic rings. The van der Waals surface area contributed by atoms with E-state index in [0.717, 1.165) is 59.5 Å². The largest absolute Gasteiger partial charge is 0.484 e. The number of hydrogen-bond donors (Lipinski definition) is 1. The van der Waals surface area contributed by atoms with Crippen molar-refractivity contribution < 1.29 is 23.8 Å². The van der Waals surface area contributed by atoms with E-state index in [4.69, 9.17) is 27.0 Å². The maximum atomic E-state index is 14.8. The Kier molecular flexibility index (Phi) is 8.46. The van der Waals surface area contributed by atoms with Crippen LogP contribution in [0.15, 0.2) is 41.5 Å². The minimum atomic E-state index is -1.15. The highest BCUT2D eigenvalue weighted by molar-refractivity contribution is 7.80. The van der Waals surface area contributed by atoms with E-state index in [1.807, 2.05) is 17.8 Å². The number of carbonyl (C=O) groups is 2. The molecule has 1 amide bonds. The molecule has 0 unspecified atom stereocenters. The smallest absolute Gasteiger partial charge is 0.323 e. The number of nitrogens with zero attached hydrogens (tertiary/aromatic N) is 5. The van der Waals surface area contributed by atoms with Gasteiger partial charge in [-0.15, -0.1) is 11.3 Å². The number of carboxylic acids is 1. The first kappa shape index (κ1) is 27.8. The number of likely N-dealkylation sites (tertiary alicyclic amines) is 1.